The lowest BCUT2D eigenvalue weighted by atomic mass is 10.1. The van der Waals surface area contributed by atoms with Crippen molar-refractivity contribution in [1.29, 1.82) is 0 Å². The van der Waals surface area contributed by atoms with Crippen LogP contribution in [0, 0.1) is 0 Å². The number of nitrogens with one attached hydrogen (secondary N) is 1. The molecule has 0 unspecified atom stereocenters. The van der Waals surface area contributed by atoms with Gasteiger partial charge in [0.05, 0.1) is 18.5 Å². The van der Waals surface area contributed by atoms with Crippen molar-refractivity contribution in [3.63, 3.8) is 0 Å². The molecule has 3 aromatic heterocycles. The number of fused-ring (bicyclic) bond motifs is 6. The molecule has 6 aromatic rings. The van der Waals surface area contributed by atoms with Gasteiger partial charge in [-0.2, -0.15) is 0 Å². The highest BCUT2D eigenvalue weighted by atomic mass is 35.5. The van der Waals surface area contributed by atoms with Crippen LogP contribution in [0.1, 0.15) is 6.42 Å². The Kier molecular flexibility index (Phi) is 4.33. The van der Waals surface area contributed by atoms with E-state index in [0.717, 1.165) is 51.1 Å². The molecule has 0 saturated carbocycles. The fourth-order valence-corrected chi connectivity index (χ4v) is 4.50. The average molecular weight is 450 g/mol. The molecule has 0 saturated heterocycles. The van der Waals surface area contributed by atoms with Crippen LogP contribution >= 0.6 is 23.2 Å². The molecule has 5 nitrogen and oxygen atoms in total. The van der Waals surface area contributed by atoms with Gasteiger partial charge in [-0.15, -0.1) is 0 Å². The van der Waals surface area contributed by atoms with E-state index in [1.807, 2.05) is 53.5 Å². The maximum Gasteiger partial charge on any atom is 0.186 e. The van der Waals surface area contributed by atoms with Gasteiger partial charge in [-0.1, -0.05) is 23.2 Å². The Hall–Kier alpha value is -3.15. The second kappa shape index (κ2) is 7.22. The van der Waals surface area contributed by atoms with Crippen molar-refractivity contribution < 1.29 is 9.15 Å². The lowest BCUT2D eigenvalue weighted by molar-refractivity contribution is 0.304. The molecule has 0 radical (unpaired) electrons. The molecule has 6 rings (SSSR count). The third-order valence-electron chi connectivity index (χ3n) is 5.58. The van der Waals surface area contributed by atoms with Gasteiger partial charge in [0, 0.05) is 56.0 Å². The normalized spacial score (nSPS) is 11.9. The van der Waals surface area contributed by atoms with Crippen LogP contribution in [0.15, 0.2) is 65.6 Å². The number of aryl methyl sites for hydroxylation is 1. The number of furan rings is 1. The van der Waals surface area contributed by atoms with Gasteiger partial charge in [0.25, 0.3) is 0 Å². The summed E-state index contributed by atoms with van der Waals surface area (Å²) < 4.78 is 14.6. The second-order valence-electron chi connectivity index (χ2n) is 7.56. The Balaban J connectivity index is 1.53. The van der Waals surface area contributed by atoms with Crippen LogP contribution in [0.5, 0.6) is 5.75 Å². The molecule has 0 fully saturated rings. The van der Waals surface area contributed by atoms with Crippen LogP contribution in [-0.2, 0) is 6.54 Å². The molecule has 1 N–H and O–H groups in total. The first-order valence-corrected chi connectivity index (χ1v) is 10.8. The van der Waals surface area contributed by atoms with Crippen molar-refractivity contribution in [2.75, 3.05) is 6.61 Å². The highest BCUT2D eigenvalue weighted by molar-refractivity contribution is 6.33. The minimum absolute atomic E-state index is 0.542. The number of hydrogen-bond acceptors (Lipinski definition) is 3. The Morgan fingerprint density at radius 3 is 2.65 bits per heavy atom. The first-order chi connectivity index (χ1) is 15.2. The Bertz CT molecular complexity index is 1470. The van der Waals surface area contributed by atoms with E-state index in [1.54, 1.807) is 6.20 Å². The Labute approximate surface area is 187 Å². The van der Waals surface area contributed by atoms with Gasteiger partial charge in [0.2, 0.25) is 0 Å². The van der Waals surface area contributed by atoms with Crippen LogP contribution in [0.3, 0.4) is 0 Å². The number of hydrogen-bond donors (Lipinski definition) is 1. The summed E-state index contributed by atoms with van der Waals surface area (Å²) in [6, 6.07) is 13.6. The molecule has 154 valence electrons. The minimum atomic E-state index is 0.542. The third-order valence-corrected chi connectivity index (χ3v) is 6.05. The molecule has 0 bridgehead atoms. The van der Waals surface area contributed by atoms with Gasteiger partial charge in [-0.25, -0.2) is 4.98 Å². The average Bonchev–Trinajstić information content (AvgIpc) is 3.48. The minimum Gasteiger partial charge on any atom is -0.488 e. The Morgan fingerprint density at radius 1 is 0.968 bits per heavy atom. The van der Waals surface area contributed by atoms with Crippen LogP contribution in [-0.4, -0.2) is 21.1 Å². The zero-order valence-corrected chi connectivity index (χ0v) is 17.9. The summed E-state index contributed by atoms with van der Waals surface area (Å²) in [5.74, 6) is 0.706. The monoisotopic (exact) mass is 449 g/mol. The number of imidazole rings is 1. The van der Waals surface area contributed by atoms with Crippen molar-refractivity contribution in [2.24, 2.45) is 0 Å². The van der Waals surface area contributed by atoms with E-state index >= 15 is 0 Å². The van der Waals surface area contributed by atoms with Crippen molar-refractivity contribution >= 4 is 66.9 Å². The molecule has 7 heteroatoms. The number of ether oxygens (including phenoxy) is 1. The van der Waals surface area contributed by atoms with Gasteiger partial charge in [-0.3, -0.25) is 0 Å². The molecule has 3 heterocycles. The number of nitrogens with zero attached hydrogens (tertiary/aromatic N) is 2. The van der Waals surface area contributed by atoms with E-state index in [-0.39, 0.29) is 0 Å². The molecule has 0 spiro atoms. The van der Waals surface area contributed by atoms with Crippen LogP contribution in [0.2, 0.25) is 10.0 Å². The summed E-state index contributed by atoms with van der Waals surface area (Å²) in [6.07, 6.45) is 6.37. The second-order valence-corrected chi connectivity index (χ2v) is 8.44. The van der Waals surface area contributed by atoms with Crippen LogP contribution < -0.4 is 4.74 Å². The van der Waals surface area contributed by atoms with E-state index in [9.17, 15) is 0 Å². The molecule has 3 aromatic carbocycles. The summed E-state index contributed by atoms with van der Waals surface area (Å²) in [6.45, 7) is 1.37. The molecule has 31 heavy (non-hydrogen) atoms. The molecule has 0 aliphatic heterocycles. The van der Waals surface area contributed by atoms with E-state index in [1.165, 1.54) is 0 Å². The van der Waals surface area contributed by atoms with Crippen molar-refractivity contribution in [2.45, 2.75) is 13.0 Å². The standard InChI is InChI=1S/C24H17Cl2N3O2/c25-14-2-4-20-16(10-14)18-12-19-17-11-15(26)3-5-21(17)31-23(19)24(22(18)28-20)30-9-1-7-29-8-6-27-13-29/h2-6,8,10-13,28H,1,7,9H2. The number of aromatic amines is 1. The SMILES string of the molecule is Clc1ccc2[nH]c3c(OCCCn4ccnc4)c4oc5ccc(Cl)cc5c4cc3c2c1. The maximum absolute atomic E-state index is 6.33. The first kappa shape index (κ1) is 18.6. The van der Waals surface area contributed by atoms with Gasteiger partial charge in [0.15, 0.2) is 11.3 Å². The molecule has 0 aliphatic carbocycles. The van der Waals surface area contributed by atoms with Crippen molar-refractivity contribution in [1.82, 2.24) is 14.5 Å². The van der Waals surface area contributed by atoms with Crippen LogP contribution in [0.25, 0.3) is 43.7 Å². The predicted molar refractivity (Wildman–Crippen MR) is 125 cm³/mol. The van der Waals surface area contributed by atoms with Crippen molar-refractivity contribution in [3.05, 3.63) is 71.2 Å². The topological polar surface area (TPSA) is 56.0 Å². The molecule has 0 aliphatic rings. The van der Waals surface area contributed by atoms with Crippen LogP contribution in [0.4, 0.5) is 0 Å². The fourth-order valence-electron chi connectivity index (χ4n) is 4.15. The predicted octanol–water partition coefficient (Wildman–Crippen LogP) is 7.19. The lowest BCUT2D eigenvalue weighted by Crippen LogP contribution is -2.03. The number of aromatic nitrogens is 3. The molecular weight excluding hydrogens is 433 g/mol. The number of H-pyrrole nitrogens is 1. The van der Waals surface area contributed by atoms with Gasteiger partial charge in [0.1, 0.15) is 5.58 Å². The largest absolute Gasteiger partial charge is 0.488 e. The molecule has 0 atom stereocenters. The molecule has 0 amide bonds. The van der Waals surface area contributed by atoms with Gasteiger partial charge < -0.3 is 18.7 Å². The number of rotatable bonds is 5. The van der Waals surface area contributed by atoms with Gasteiger partial charge >= 0.3 is 0 Å². The highest BCUT2D eigenvalue weighted by Crippen LogP contribution is 2.43. The summed E-state index contributed by atoms with van der Waals surface area (Å²) in [5.41, 5.74) is 3.39. The maximum atomic E-state index is 6.33. The summed E-state index contributed by atoms with van der Waals surface area (Å²) in [4.78, 5) is 7.58. The van der Waals surface area contributed by atoms with E-state index < -0.39 is 0 Å². The van der Waals surface area contributed by atoms with Crippen molar-refractivity contribution in [3.8, 4) is 5.75 Å². The Morgan fingerprint density at radius 2 is 1.81 bits per heavy atom. The van der Waals surface area contributed by atoms with E-state index in [0.29, 0.717) is 28.0 Å². The molecular formula is C24H17Cl2N3O2. The zero-order chi connectivity index (χ0) is 20.9. The number of halogens is 2. The summed E-state index contributed by atoms with van der Waals surface area (Å²) >= 11 is 12.6. The third kappa shape index (κ3) is 3.12. The van der Waals surface area contributed by atoms with Gasteiger partial charge in [-0.05, 0) is 48.9 Å². The van der Waals surface area contributed by atoms with E-state index in [2.05, 4.69) is 16.0 Å². The van der Waals surface area contributed by atoms with E-state index in [4.69, 9.17) is 32.4 Å². The quantitative estimate of drug-likeness (QED) is 0.283. The summed E-state index contributed by atoms with van der Waals surface area (Å²) in [7, 11) is 0. The first-order valence-electron chi connectivity index (χ1n) is 10.0. The number of benzene rings is 3. The highest BCUT2D eigenvalue weighted by Gasteiger charge is 2.19. The summed E-state index contributed by atoms with van der Waals surface area (Å²) in [5, 5.41) is 5.37. The fraction of sp³-hybridized carbons (Fsp3) is 0.125. The zero-order valence-electron chi connectivity index (χ0n) is 16.4. The lowest BCUT2D eigenvalue weighted by Gasteiger charge is -2.09. The smallest absolute Gasteiger partial charge is 0.186 e.